The van der Waals surface area contributed by atoms with Crippen LogP contribution >= 0.6 is 0 Å². The van der Waals surface area contributed by atoms with E-state index in [1.807, 2.05) is 13.8 Å². The Balaban J connectivity index is 2.84. The minimum absolute atomic E-state index is 0.100. The van der Waals surface area contributed by atoms with Crippen molar-refractivity contribution in [3.63, 3.8) is 0 Å². The average Bonchev–Trinajstić information content (AvgIpc) is 2.35. The molecular formula is C13H18F2N2O2. The summed E-state index contributed by atoms with van der Waals surface area (Å²) in [5, 5.41) is 13.7. The second-order valence-corrected chi connectivity index (χ2v) is 4.71. The van der Waals surface area contributed by atoms with E-state index < -0.39 is 22.2 Å². The van der Waals surface area contributed by atoms with Gasteiger partial charge in [0.1, 0.15) is 5.82 Å². The number of halogens is 2. The summed E-state index contributed by atoms with van der Waals surface area (Å²) in [5.74, 6) is -1.52. The molecule has 0 aliphatic carbocycles. The van der Waals surface area contributed by atoms with Gasteiger partial charge in [0.25, 0.3) is 0 Å². The highest BCUT2D eigenvalue weighted by Crippen LogP contribution is 2.21. The predicted octanol–water partition coefficient (Wildman–Crippen LogP) is 3.40. The zero-order valence-electron chi connectivity index (χ0n) is 11.2. The molecule has 6 heteroatoms. The first kappa shape index (κ1) is 15.5. The molecule has 2 unspecified atom stereocenters. The van der Waals surface area contributed by atoms with Crippen LogP contribution in [0.1, 0.15) is 32.8 Å². The van der Waals surface area contributed by atoms with Crippen molar-refractivity contribution in [2.75, 3.05) is 0 Å². The van der Waals surface area contributed by atoms with Crippen LogP contribution in [0.15, 0.2) is 12.1 Å². The molecule has 1 rings (SSSR count). The van der Waals surface area contributed by atoms with Gasteiger partial charge < -0.3 is 5.32 Å². The van der Waals surface area contributed by atoms with Crippen LogP contribution < -0.4 is 5.32 Å². The number of nitrogens with one attached hydrogen (secondary N) is 1. The van der Waals surface area contributed by atoms with Crippen LogP contribution in [0.2, 0.25) is 0 Å². The van der Waals surface area contributed by atoms with Crippen molar-refractivity contribution in [1.29, 1.82) is 0 Å². The van der Waals surface area contributed by atoms with E-state index in [1.165, 1.54) is 0 Å². The quantitative estimate of drug-likeness (QED) is 0.638. The highest BCUT2D eigenvalue weighted by atomic mass is 19.1. The summed E-state index contributed by atoms with van der Waals surface area (Å²) in [6.07, 6.45) is 0.972. The number of hydrogen-bond donors (Lipinski definition) is 1. The van der Waals surface area contributed by atoms with Crippen LogP contribution in [-0.2, 0) is 6.54 Å². The van der Waals surface area contributed by atoms with Crippen molar-refractivity contribution >= 4 is 5.69 Å². The lowest BCUT2D eigenvalue weighted by Gasteiger charge is -2.20. The third-order valence-corrected chi connectivity index (χ3v) is 3.42. The zero-order valence-corrected chi connectivity index (χ0v) is 11.2. The molecule has 0 saturated carbocycles. The Bertz CT molecular complexity index is 466. The second kappa shape index (κ2) is 6.56. The molecule has 0 radical (unpaired) electrons. The molecule has 0 spiro atoms. The lowest BCUT2D eigenvalue weighted by molar-refractivity contribution is -0.387. The van der Waals surface area contributed by atoms with Gasteiger partial charge in [-0.2, -0.15) is 4.39 Å². The summed E-state index contributed by atoms with van der Waals surface area (Å²) in [7, 11) is 0. The molecule has 0 fully saturated rings. The van der Waals surface area contributed by atoms with Crippen molar-refractivity contribution in [3.8, 4) is 0 Å². The monoisotopic (exact) mass is 272 g/mol. The van der Waals surface area contributed by atoms with E-state index in [9.17, 15) is 18.9 Å². The molecule has 2 atom stereocenters. The molecule has 0 aromatic heterocycles. The van der Waals surface area contributed by atoms with Gasteiger partial charge in [-0.3, -0.25) is 10.1 Å². The minimum Gasteiger partial charge on any atom is -0.310 e. The van der Waals surface area contributed by atoms with E-state index in [0.717, 1.165) is 12.5 Å². The van der Waals surface area contributed by atoms with Crippen molar-refractivity contribution in [3.05, 3.63) is 39.4 Å². The standard InChI is InChI=1S/C13H18F2N2O2/c1-4-8(2)9(3)16-7-10-5-13(17(18)19)12(15)6-11(10)14/h5-6,8-9,16H,4,7H2,1-3H3. The number of nitro groups is 1. The fourth-order valence-electron chi connectivity index (χ4n) is 1.68. The number of nitrogens with zero attached hydrogens (tertiary/aromatic N) is 1. The first-order valence-electron chi connectivity index (χ1n) is 6.22. The molecule has 0 amide bonds. The summed E-state index contributed by atoms with van der Waals surface area (Å²) >= 11 is 0. The van der Waals surface area contributed by atoms with E-state index in [-0.39, 0.29) is 18.2 Å². The topological polar surface area (TPSA) is 55.2 Å². The van der Waals surface area contributed by atoms with E-state index in [2.05, 4.69) is 12.2 Å². The largest absolute Gasteiger partial charge is 0.310 e. The molecular weight excluding hydrogens is 254 g/mol. The Labute approximate surface area is 111 Å². The van der Waals surface area contributed by atoms with Crippen LogP contribution in [0.4, 0.5) is 14.5 Å². The fourth-order valence-corrected chi connectivity index (χ4v) is 1.68. The number of benzene rings is 1. The first-order valence-corrected chi connectivity index (χ1v) is 6.22. The predicted molar refractivity (Wildman–Crippen MR) is 68.8 cm³/mol. The molecule has 0 aliphatic rings. The maximum atomic E-state index is 13.5. The third-order valence-electron chi connectivity index (χ3n) is 3.42. The van der Waals surface area contributed by atoms with Crippen molar-refractivity contribution in [2.24, 2.45) is 5.92 Å². The zero-order chi connectivity index (χ0) is 14.6. The third kappa shape index (κ3) is 3.96. The lowest BCUT2D eigenvalue weighted by Crippen LogP contribution is -2.31. The van der Waals surface area contributed by atoms with Crippen LogP contribution in [0, 0.1) is 27.7 Å². The van der Waals surface area contributed by atoms with Gasteiger partial charge in [-0.05, 0) is 12.8 Å². The Morgan fingerprint density at radius 3 is 2.47 bits per heavy atom. The van der Waals surface area contributed by atoms with Crippen molar-refractivity contribution in [1.82, 2.24) is 5.32 Å². The Kier molecular flexibility index (Phi) is 5.35. The van der Waals surface area contributed by atoms with Crippen LogP contribution in [0.5, 0.6) is 0 Å². The molecule has 0 heterocycles. The number of rotatable bonds is 6. The van der Waals surface area contributed by atoms with Gasteiger partial charge in [0, 0.05) is 30.3 Å². The molecule has 0 aliphatic heterocycles. The summed E-state index contributed by atoms with van der Waals surface area (Å²) in [6.45, 7) is 6.20. The average molecular weight is 272 g/mol. The summed E-state index contributed by atoms with van der Waals surface area (Å²) in [6, 6.07) is 1.65. The van der Waals surface area contributed by atoms with Gasteiger partial charge >= 0.3 is 5.69 Å². The van der Waals surface area contributed by atoms with E-state index in [0.29, 0.717) is 12.0 Å². The minimum atomic E-state index is -1.15. The molecule has 0 saturated heterocycles. The summed E-state index contributed by atoms with van der Waals surface area (Å²) in [4.78, 5) is 9.75. The fraction of sp³-hybridized carbons (Fsp3) is 0.538. The van der Waals surface area contributed by atoms with Crippen molar-refractivity contribution < 1.29 is 13.7 Å². The Morgan fingerprint density at radius 1 is 1.32 bits per heavy atom. The summed E-state index contributed by atoms with van der Waals surface area (Å²) in [5.41, 5.74) is -0.599. The maximum Gasteiger partial charge on any atom is 0.305 e. The van der Waals surface area contributed by atoms with Gasteiger partial charge in [0.05, 0.1) is 4.92 Å². The molecule has 106 valence electrons. The van der Waals surface area contributed by atoms with Gasteiger partial charge in [-0.15, -0.1) is 0 Å². The van der Waals surface area contributed by atoms with Crippen LogP contribution in [-0.4, -0.2) is 11.0 Å². The van der Waals surface area contributed by atoms with E-state index in [4.69, 9.17) is 0 Å². The maximum absolute atomic E-state index is 13.5. The molecule has 4 nitrogen and oxygen atoms in total. The van der Waals surface area contributed by atoms with E-state index in [1.54, 1.807) is 0 Å². The molecule has 1 aromatic carbocycles. The van der Waals surface area contributed by atoms with Gasteiger partial charge in [0.15, 0.2) is 0 Å². The van der Waals surface area contributed by atoms with Gasteiger partial charge in [-0.25, -0.2) is 4.39 Å². The van der Waals surface area contributed by atoms with Gasteiger partial charge in [0.2, 0.25) is 5.82 Å². The normalized spacial score (nSPS) is 14.2. The molecule has 1 N–H and O–H groups in total. The molecule has 0 bridgehead atoms. The van der Waals surface area contributed by atoms with Crippen LogP contribution in [0.25, 0.3) is 0 Å². The Hall–Kier alpha value is -1.56. The second-order valence-electron chi connectivity index (χ2n) is 4.71. The number of nitro benzene ring substituents is 1. The van der Waals surface area contributed by atoms with Crippen LogP contribution in [0.3, 0.4) is 0 Å². The first-order chi connectivity index (χ1) is 8.86. The van der Waals surface area contributed by atoms with Gasteiger partial charge in [-0.1, -0.05) is 20.3 Å². The molecule has 19 heavy (non-hydrogen) atoms. The lowest BCUT2D eigenvalue weighted by atomic mass is 10.0. The van der Waals surface area contributed by atoms with E-state index >= 15 is 0 Å². The highest BCUT2D eigenvalue weighted by molar-refractivity contribution is 5.37. The van der Waals surface area contributed by atoms with Crippen molar-refractivity contribution in [2.45, 2.75) is 39.8 Å². The number of hydrogen-bond acceptors (Lipinski definition) is 3. The Morgan fingerprint density at radius 2 is 1.95 bits per heavy atom. The molecule has 1 aromatic rings. The highest BCUT2D eigenvalue weighted by Gasteiger charge is 2.19. The smallest absolute Gasteiger partial charge is 0.305 e. The summed E-state index contributed by atoms with van der Waals surface area (Å²) < 4.78 is 26.7. The SMILES string of the molecule is CCC(C)C(C)NCc1cc([N+](=O)[O-])c(F)cc1F.